The molecule has 68 valence electrons. The zero-order chi connectivity index (χ0) is 9.56. The average Bonchev–Trinajstić information content (AvgIpc) is 2.03. The Morgan fingerprint density at radius 1 is 1.58 bits per heavy atom. The van der Waals surface area contributed by atoms with Gasteiger partial charge in [0.15, 0.2) is 0 Å². The van der Waals surface area contributed by atoms with E-state index >= 15 is 0 Å². The van der Waals surface area contributed by atoms with E-state index in [9.17, 15) is 0 Å². The van der Waals surface area contributed by atoms with Gasteiger partial charge in [-0.2, -0.15) is 0 Å². The van der Waals surface area contributed by atoms with Crippen LogP contribution < -0.4 is 11.1 Å². The average molecular weight is 166 g/mol. The minimum Gasteiger partial charge on any atom is -0.385 e. The molecule has 2 nitrogen and oxygen atoms in total. The van der Waals surface area contributed by atoms with Crippen molar-refractivity contribution in [1.29, 1.82) is 0 Å². The van der Waals surface area contributed by atoms with Gasteiger partial charge in [-0.1, -0.05) is 25.2 Å². The molecular formula is C10H18N2. The van der Waals surface area contributed by atoms with Crippen LogP contribution in [-0.2, 0) is 0 Å². The molecular weight excluding hydrogens is 148 g/mol. The number of rotatable bonds is 4. The maximum absolute atomic E-state index is 5.68. The van der Waals surface area contributed by atoms with Gasteiger partial charge in [0.25, 0.3) is 0 Å². The third kappa shape index (κ3) is 4.61. The standard InChI is InChI=1S/C10H18N2/c1-5-8(3)7-10(11)12-9(4)6-2/h5,7,12H,4,6,11H2,1-3H3/b8-5-,10-7+. The second-order valence-corrected chi connectivity index (χ2v) is 2.71. The van der Waals surface area contributed by atoms with E-state index in [1.807, 2.05) is 32.9 Å². The van der Waals surface area contributed by atoms with Crippen molar-refractivity contribution < 1.29 is 0 Å². The van der Waals surface area contributed by atoms with E-state index in [-0.39, 0.29) is 0 Å². The fraction of sp³-hybridized carbons (Fsp3) is 0.400. The number of nitrogens with one attached hydrogen (secondary N) is 1. The topological polar surface area (TPSA) is 38.0 Å². The quantitative estimate of drug-likeness (QED) is 0.629. The van der Waals surface area contributed by atoms with E-state index in [0.29, 0.717) is 5.82 Å². The molecule has 0 aromatic rings. The van der Waals surface area contributed by atoms with Gasteiger partial charge in [0.05, 0.1) is 0 Å². The summed E-state index contributed by atoms with van der Waals surface area (Å²) in [5.74, 6) is 0.650. The molecule has 0 aliphatic rings. The van der Waals surface area contributed by atoms with Gasteiger partial charge in [-0.25, -0.2) is 0 Å². The van der Waals surface area contributed by atoms with E-state index in [1.165, 1.54) is 0 Å². The maximum Gasteiger partial charge on any atom is 0.100 e. The molecule has 0 fully saturated rings. The molecule has 0 saturated carbocycles. The first-order valence-corrected chi connectivity index (χ1v) is 4.15. The third-order valence-electron chi connectivity index (χ3n) is 1.59. The SMILES string of the molecule is C=C(CC)N/C(N)=C/C(C)=C\C. The van der Waals surface area contributed by atoms with Gasteiger partial charge in [0.2, 0.25) is 0 Å². The highest BCUT2D eigenvalue weighted by Gasteiger charge is 1.90. The molecule has 0 bridgehead atoms. The molecule has 0 atom stereocenters. The van der Waals surface area contributed by atoms with Crippen LogP contribution in [0, 0.1) is 0 Å². The lowest BCUT2D eigenvalue weighted by molar-refractivity contribution is 0.882. The Morgan fingerprint density at radius 2 is 2.17 bits per heavy atom. The van der Waals surface area contributed by atoms with Gasteiger partial charge in [0, 0.05) is 5.70 Å². The first-order valence-electron chi connectivity index (χ1n) is 4.15. The Kier molecular flexibility index (Phi) is 4.93. The van der Waals surface area contributed by atoms with Gasteiger partial charge in [-0.05, 0) is 26.3 Å². The number of nitrogens with two attached hydrogens (primary N) is 1. The summed E-state index contributed by atoms with van der Waals surface area (Å²) in [6, 6.07) is 0. The van der Waals surface area contributed by atoms with Gasteiger partial charge < -0.3 is 11.1 Å². The molecule has 0 aliphatic heterocycles. The molecule has 0 heterocycles. The fourth-order valence-electron chi connectivity index (χ4n) is 0.657. The van der Waals surface area contributed by atoms with Gasteiger partial charge in [0.1, 0.15) is 5.82 Å². The zero-order valence-corrected chi connectivity index (χ0v) is 8.15. The fourth-order valence-corrected chi connectivity index (χ4v) is 0.657. The van der Waals surface area contributed by atoms with E-state index in [4.69, 9.17) is 5.73 Å². The first-order chi connectivity index (χ1) is 5.60. The van der Waals surface area contributed by atoms with Gasteiger partial charge in [-0.15, -0.1) is 0 Å². The minimum absolute atomic E-state index is 0.650. The molecule has 0 spiro atoms. The van der Waals surface area contributed by atoms with E-state index in [1.54, 1.807) is 0 Å². The summed E-state index contributed by atoms with van der Waals surface area (Å²) in [4.78, 5) is 0. The first kappa shape index (κ1) is 10.8. The summed E-state index contributed by atoms with van der Waals surface area (Å²) in [6.45, 7) is 9.81. The van der Waals surface area contributed by atoms with E-state index in [2.05, 4.69) is 11.9 Å². The Labute approximate surface area is 74.8 Å². The van der Waals surface area contributed by atoms with Crippen molar-refractivity contribution >= 4 is 0 Å². The lowest BCUT2D eigenvalue weighted by Crippen LogP contribution is -2.18. The smallest absolute Gasteiger partial charge is 0.100 e. The van der Waals surface area contributed by atoms with Crippen LogP contribution in [0.5, 0.6) is 0 Å². The Balaban J connectivity index is 4.11. The lowest BCUT2D eigenvalue weighted by atomic mass is 10.2. The Hall–Kier alpha value is -1.18. The molecule has 0 unspecified atom stereocenters. The van der Waals surface area contributed by atoms with Gasteiger partial charge >= 0.3 is 0 Å². The van der Waals surface area contributed by atoms with E-state index in [0.717, 1.165) is 17.7 Å². The Bertz CT molecular complexity index is 212. The van der Waals surface area contributed by atoms with Crippen LogP contribution in [0.25, 0.3) is 0 Å². The summed E-state index contributed by atoms with van der Waals surface area (Å²) in [7, 11) is 0. The van der Waals surface area contributed by atoms with Crippen LogP contribution in [0.4, 0.5) is 0 Å². The highest BCUT2D eigenvalue weighted by molar-refractivity contribution is 5.20. The van der Waals surface area contributed by atoms with Crippen molar-refractivity contribution in [2.75, 3.05) is 0 Å². The second kappa shape index (κ2) is 5.47. The van der Waals surface area contributed by atoms with Crippen molar-refractivity contribution in [3.8, 4) is 0 Å². The normalized spacial score (nSPS) is 12.9. The third-order valence-corrected chi connectivity index (χ3v) is 1.59. The predicted molar refractivity (Wildman–Crippen MR) is 54.3 cm³/mol. The van der Waals surface area contributed by atoms with Crippen LogP contribution in [-0.4, -0.2) is 0 Å². The van der Waals surface area contributed by atoms with Crippen molar-refractivity contribution in [1.82, 2.24) is 5.32 Å². The number of hydrogen-bond donors (Lipinski definition) is 2. The van der Waals surface area contributed by atoms with Crippen molar-refractivity contribution in [2.45, 2.75) is 27.2 Å². The van der Waals surface area contributed by atoms with Crippen LogP contribution in [0.15, 0.2) is 35.8 Å². The van der Waals surface area contributed by atoms with Crippen LogP contribution in [0.3, 0.4) is 0 Å². The Morgan fingerprint density at radius 3 is 2.58 bits per heavy atom. The number of hydrogen-bond acceptors (Lipinski definition) is 2. The maximum atomic E-state index is 5.68. The number of allylic oxidation sites excluding steroid dienone is 4. The van der Waals surface area contributed by atoms with Crippen LogP contribution in [0.2, 0.25) is 0 Å². The molecule has 3 N–H and O–H groups in total. The van der Waals surface area contributed by atoms with Crippen molar-refractivity contribution in [2.24, 2.45) is 5.73 Å². The summed E-state index contributed by atoms with van der Waals surface area (Å²) < 4.78 is 0. The second-order valence-electron chi connectivity index (χ2n) is 2.71. The minimum atomic E-state index is 0.650. The summed E-state index contributed by atoms with van der Waals surface area (Å²) in [5.41, 5.74) is 7.76. The van der Waals surface area contributed by atoms with Crippen molar-refractivity contribution in [3.63, 3.8) is 0 Å². The van der Waals surface area contributed by atoms with Crippen molar-refractivity contribution in [3.05, 3.63) is 35.8 Å². The van der Waals surface area contributed by atoms with Gasteiger partial charge in [-0.3, -0.25) is 0 Å². The molecule has 0 rings (SSSR count). The molecule has 0 amide bonds. The van der Waals surface area contributed by atoms with Crippen LogP contribution in [0.1, 0.15) is 27.2 Å². The predicted octanol–water partition coefficient (Wildman–Crippen LogP) is 2.27. The monoisotopic (exact) mass is 166 g/mol. The molecule has 12 heavy (non-hydrogen) atoms. The van der Waals surface area contributed by atoms with Crippen LogP contribution >= 0.6 is 0 Å². The largest absolute Gasteiger partial charge is 0.385 e. The summed E-state index contributed by atoms with van der Waals surface area (Å²) in [6.07, 6.45) is 4.79. The van der Waals surface area contributed by atoms with E-state index < -0.39 is 0 Å². The molecule has 0 aliphatic carbocycles. The zero-order valence-electron chi connectivity index (χ0n) is 8.15. The summed E-state index contributed by atoms with van der Waals surface area (Å²) in [5, 5.41) is 3.00. The molecule has 2 heteroatoms. The molecule has 0 aromatic carbocycles. The molecule has 0 saturated heterocycles. The molecule has 0 aromatic heterocycles. The highest BCUT2D eigenvalue weighted by Crippen LogP contribution is 1.98. The lowest BCUT2D eigenvalue weighted by Gasteiger charge is -2.06. The summed E-state index contributed by atoms with van der Waals surface area (Å²) >= 11 is 0. The highest BCUT2D eigenvalue weighted by atomic mass is 15.0. The molecule has 0 radical (unpaired) electrons.